The lowest BCUT2D eigenvalue weighted by atomic mass is 10.1. The zero-order chi connectivity index (χ0) is 20.2. The van der Waals surface area contributed by atoms with E-state index in [1.165, 1.54) is 36.2 Å². The minimum atomic E-state index is -4.43. The molecule has 6 nitrogen and oxygen atoms in total. The smallest absolute Gasteiger partial charge is 0.416 e. The predicted molar refractivity (Wildman–Crippen MR) is 91.5 cm³/mol. The van der Waals surface area contributed by atoms with Gasteiger partial charge in [0.15, 0.2) is 5.75 Å². The maximum absolute atomic E-state index is 12.6. The van der Waals surface area contributed by atoms with Crippen molar-refractivity contribution in [1.82, 2.24) is 4.90 Å². The van der Waals surface area contributed by atoms with Crippen molar-refractivity contribution >= 4 is 11.6 Å². The van der Waals surface area contributed by atoms with E-state index in [1.807, 2.05) is 0 Å². The van der Waals surface area contributed by atoms with E-state index in [1.54, 1.807) is 6.92 Å². The average molecular weight is 382 g/mol. The van der Waals surface area contributed by atoms with Crippen LogP contribution in [0.2, 0.25) is 0 Å². The molecular weight excluding hydrogens is 365 g/mol. The average Bonchev–Trinajstić information content (AvgIpc) is 2.61. The molecule has 0 heterocycles. The Morgan fingerprint density at radius 2 is 1.81 bits per heavy atom. The number of nitro groups is 1. The molecule has 2 aromatic rings. The van der Waals surface area contributed by atoms with Crippen LogP contribution in [-0.2, 0) is 12.7 Å². The van der Waals surface area contributed by atoms with Crippen molar-refractivity contribution in [1.29, 1.82) is 0 Å². The van der Waals surface area contributed by atoms with Gasteiger partial charge < -0.3 is 9.64 Å². The quantitative estimate of drug-likeness (QED) is 0.552. The third-order valence-electron chi connectivity index (χ3n) is 3.75. The first-order valence-corrected chi connectivity index (χ1v) is 7.96. The van der Waals surface area contributed by atoms with Crippen molar-refractivity contribution in [2.24, 2.45) is 0 Å². The monoisotopic (exact) mass is 382 g/mol. The van der Waals surface area contributed by atoms with Crippen molar-refractivity contribution in [3.63, 3.8) is 0 Å². The maximum atomic E-state index is 12.6. The summed E-state index contributed by atoms with van der Waals surface area (Å²) < 4.78 is 42.9. The largest absolute Gasteiger partial charge is 0.487 e. The molecule has 0 unspecified atom stereocenters. The van der Waals surface area contributed by atoms with Gasteiger partial charge in [0.25, 0.3) is 5.91 Å². The lowest BCUT2D eigenvalue weighted by molar-refractivity contribution is -0.385. The summed E-state index contributed by atoms with van der Waals surface area (Å²) in [7, 11) is 1.46. The number of halogens is 3. The first kappa shape index (κ1) is 20.2. The summed E-state index contributed by atoms with van der Waals surface area (Å²) in [4.78, 5) is 24.3. The summed E-state index contributed by atoms with van der Waals surface area (Å²) in [6, 6.07) is 8.33. The lowest BCUT2D eigenvalue weighted by Gasteiger charge is -2.18. The van der Waals surface area contributed by atoms with E-state index in [0.29, 0.717) is 5.56 Å². The molecule has 0 aliphatic carbocycles. The Morgan fingerprint density at radius 1 is 1.19 bits per heavy atom. The van der Waals surface area contributed by atoms with Crippen molar-refractivity contribution in [2.45, 2.75) is 19.6 Å². The molecule has 0 aromatic heterocycles. The van der Waals surface area contributed by atoms with Crippen molar-refractivity contribution < 1.29 is 27.6 Å². The van der Waals surface area contributed by atoms with Crippen LogP contribution in [0.15, 0.2) is 42.5 Å². The third-order valence-corrected chi connectivity index (χ3v) is 3.75. The highest BCUT2D eigenvalue weighted by atomic mass is 19.4. The molecule has 0 atom stereocenters. The summed E-state index contributed by atoms with van der Waals surface area (Å²) in [5.74, 6) is -0.439. The Bertz CT molecular complexity index is 835. The van der Waals surface area contributed by atoms with Crippen LogP contribution in [0.3, 0.4) is 0 Å². The molecule has 0 fully saturated rings. The fraction of sp³-hybridized carbons (Fsp3) is 0.278. The SMILES string of the molecule is CCOc1ccc(C(=O)N(C)Cc2ccc(C(F)(F)F)cc2)cc1[N+](=O)[O-]. The molecule has 0 saturated heterocycles. The topological polar surface area (TPSA) is 72.7 Å². The van der Waals surface area contributed by atoms with Gasteiger partial charge in [-0.1, -0.05) is 12.1 Å². The number of nitrogens with zero attached hydrogens (tertiary/aromatic N) is 2. The van der Waals surface area contributed by atoms with Gasteiger partial charge in [-0.3, -0.25) is 14.9 Å². The molecule has 1 amide bonds. The number of amides is 1. The Hall–Kier alpha value is -3.10. The Balaban J connectivity index is 2.17. The Labute approximate surface area is 153 Å². The number of hydrogen-bond donors (Lipinski definition) is 0. The predicted octanol–water partition coefficient (Wildman–Crippen LogP) is 4.28. The van der Waals surface area contributed by atoms with Crippen LogP contribution in [0, 0.1) is 10.1 Å². The summed E-state index contributed by atoms with van der Waals surface area (Å²) in [6.07, 6.45) is -4.43. The number of rotatable bonds is 6. The third kappa shape index (κ3) is 4.96. The van der Waals surface area contributed by atoms with Crippen LogP contribution >= 0.6 is 0 Å². The van der Waals surface area contributed by atoms with Gasteiger partial charge in [-0.15, -0.1) is 0 Å². The first-order chi connectivity index (χ1) is 12.6. The Kier molecular flexibility index (Phi) is 6.04. The van der Waals surface area contributed by atoms with Crippen molar-refractivity contribution in [3.05, 3.63) is 69.3 Å². The maximum Gasteiger partial charge on any atom is 0.416 e. The number of ether oxygens (including phenoxy) is 1. The van der Waals surface area contributed by atoms with Gasteiger partial charge in [0.05, 0.1) is 17.1 Å². The van der Waals surface area contributed by atoms with Crippen LogP contribution in [0.5, 0.6) is 5.75 Å². The second kappa shape index (κ2) is 8.07. The van der Waals surface area contributed by atoms with Gasteiger partial charge in [0.1, 0.15) is 0 Å². The molecule has 0 aliphatic heterocycles. The molecule has 0 radical (unpaired) electrons. The first-order valence-electron chi connectivity index (χ1n) is 7.96. The molecule has 0 saturated carbocycles. The zero-order valence-corrected chi connectivity index (χ0v) is 14.6. The van der Waals surface area contributed by atoms with E-state index in [-0.39, 0.29) is 30.2 Å². The van der Waals surface area contributed by atoms with E-state index in [0.717, 1.165) is 18.2 Å². The second-order valence-electron chi connectivity index (χ2n) is 5.73. The number of alkyl halides is 3. The van der Waals surface area contributed by atoms with Crippen LogP contribution < -0.4 is 4.74 Å². The van der Waals surface area contributed by atoms with E-state index >= 15 is 0 Å². The van der Waals surface area contributed by atoms with E-state index in [9.17, 15) is 28.1 Å². The fourth-order valence-electron chi connectivity index (χ4n) is 2.44. The zero-order valence-electron chi connectivity index (χ0n) is 14.6. The van der Waals surface area contributed by atoms with Gasteiger partial charge in [-0.2, -0.15) is 13.2 Å². The molecule has 0 spiro atoms. The van der Waals surface area contributed by atoms with Crippen molar-refractivity contribution in [3.8, 4) is 5.75 Å². The molecule has 144 valence electrons. The number of benzene rings is 2. The van der Waals surface area contributed by atoms with Gasteiger partial charge in [-0.25, -0.2) is 0 Å². The molecular formula is C18H17F3N2O4. The van der Waals surface area contributed by atoms with E-state index in [2.05, 4.69) is 0 Å². The minimum Gasteiger partial charge on any atom is -0.487 e. The second-order valence-corrected chi connectivity index (χ2v) is 5.73. The van der Waals surface area contributed by atoms with Crippen LogP contribution in [0.25, 0.3) is 0 Å². The van der Waals surface area contributed by atoms with Crippen LogP contribution in [0.1, 0.15) is 28.4 Å². The van der Waals surface area contributed by atoms with Crippen molar-refractivity contribution in [2.75, 3.05) is 13.7 Å². The van der Waals surface area contributed by atoms with Gasteiger partial charge in [0.2, 0.25) is 0 Å². The number of hydrogen-bond acceptors (Lipinski definition) is 4. The molecule has 0 aliphatic rings. The van der Waals surface area contributed by atoms with Crippen LogP contribution in [-0.4, -0.2) is 29.4 Å². The highest BCUT2D eigenvalue weighted by Crippen LogP contribution is 2.30. The summed E-state index contributed by atoms with van der Waals surface area (Å²) in [6.45, 7) is 1.97. The number of nitro benzene ring substituents is 1. The number of carbonyl (C=O) groups is 1. The summed E-state index contributed by atoms with van der Waals surface area (Å²) >= 11 is 0. The summed E-state index contributed by atoms with van der Waals surface area (Å²) in [5.41, 5.74) is -0.521. The molecule has 2 aromatic carbocycles. The standard InChI is InChI=1S/C18H17F3N2O4/c1-3-27-16-9-6-13(10-15(16)23(25)26)17(24)22(2)11-12-4-7-14(8-5-12)18(19,20)21/h4-10H,3,11H2,1-2H3. The van der Waals surface area contributed by atoms with Crippen LogP contribution in [0.4, 0.5) is 18.9 Å². The molecule has 0 N–H and O–H groups in total. The highest BCUT2D eigenvalue weighted by molar-refractivity contribution is 5.95. The van der Waals surface area contributed by atoms with Gasteiger partial charge >= 0.3 is 11.9 Å². The normalized spacial score (nSPS) is 11.1. The molecule has 0 bridgehead atoms. The molecule has 27 heavy (non-hydrogen) atoms. The van der Waals surface area contributed by atoms with Gasteiger partial charge in [-0.05, 0) is 36.8 Å². The minimum absolute atomic E-state index is 0.0536. The lowest BCUT2D eigenvalue weighted by Crippen LogP contribution is -2.26. The van der Waals surface area contributed by atoms with E-state index in [4.69, 9.17) is 4.74 Å². The summed E-state index contributed by atoms with van der Waals surface area (Å²) in [5, 5.41) is 11.2. The molecule has 2 rings (SSSR count). The highest BCUT2D eigenvalue weighted by Gasteiger charge is 2.30. The fourth-order valence-corrected chi connectivity index (χ4v) is 2.44. The molecule has 9 heteroatoms. The number of carbonyl (C=O) groups excluding carboxylic acids is 1. The van der Waals surface area contributed by atoms with Gasteiger partial charge in [0, 0.05) is 25.2 Å². The van der Waals surface area contributed by atoms with E-state index < -0.39 is 22.6 Å². The Morgan fingerprint density at radius 3 is 2.33 bits per heavy atom.